The first-order valence-corrected chi connectivity index (χ1v) is 8.02. The SMILES string of the molecule is O=C(CNC(=O)C(O)(c1ccccc1)c1ccccc1)NC1CC1. The molecule has 5 nitrogen and oxygen atoms in total. The van der Waals surface area contributed by atoms with Gasteiger partial charge in [0.15, 0.2) is 5.60 Å². The van der Waals surface area contributed by atoms with E-state index in [0.29, 0.717) is 11.1 Å². The summed E-state index contributed by atoms with van der Waals surface area (Å²) >= 11 is 0. The predicted octanol–water partition coefficient (Wildman–Crippen LogP) is 1.32. The minimum atomic E-state index is -1.84. The van der Waals surface area contributed by atoms with E-state index in [1.807, 2.05) is 12.1 Å². The Balaban J connectivity index is 1.81. The minimum absolute atomic E-state index is 0.155. The number of nitrogens with one attached hydrogen (secondary N) is 2. The third-order valence-electron chi connectivity index (χ3n) is 4.06. The molecule has 0 aromatic heterocycles. The standard InChI is InChI=1S/C19H20N2O3/c22-17(21-16-11-12-16)13-20-18(23)19(24,14-7-3-1-4-8-14)15-9-5-2-6-10-15/h1-10,16,24H,11-13H2,(H,20,23)(H,21,22). The first kappa shape index (κ1) is 16.2. The Kier molecular flexibility index (Phi) is 4.62. The van der Waals surface area contributed by atoms with E-state index >= 15 is 0 Å². The molecule has 1 saturated carbocycles. The number of amides is 2. The zero-order valence-corrected chi connectivity index (χ0v) is 13.2. The fourth-order valence-corrected chi connectivity index (χ4v) is 2.58. The lowest BCUT2D eigenvalue weighted by Gasteiger charge is -2.28. The molecular formula is C19H20N2O3. The third kappa shape index (κ3) is 3.46. The Morgan fingerprint density at radius 2 is 1.46 bits per heavy atom. The van der Waals surface area contributed by atoms with Crippen molar-refractivity contribution in [3.63, 3.8) is 0 Å². The van der Waals surface area contributed by atoms with Crippen LogP contribution in [-0.4, -0.2) is 29.5 Å². The Morgan fingerprint density at radius 3 is 1.92 bits per heavy atom. The number of rotatable bonds is 6. The number of benzene rings is 2. The van der Waals surface area contributed by atoms with Gasteiger partial charge in [-0.15, -0.1) is 0 Å². The monoisotopic (exact) mass is 324 g/mol. The van der Waals surface area contributed by atoms with E-state index in [-0.39, 0.29) is 18.5 Å². The molecule has 1 fully saturated rings. The number of carbonyl (C=O) groups is 2. The molecule has 2 amide bonds. The molecule has 1 aliphatic rings. The number of hydrogen-bond donors (Lipinski definition) is 3. The lowest BCUT2D eigenvalue weighted by molar-refractivity contribution is -0.138. The lowest BCUT2D eigenvalue weighted by Crippen LogP contribution is -2.48. The molecule has 0 radical (unpaired) electrons. The van der Waals surface area contributed by atoms with Crippen LogP contribution >= 0.6 is 0 Å². The maximum atomic E-state index is 12.7. The third-order valence-corrected chi connectivity index (χ3v) is 4.06. The van der Waals surface area contributed by atoms with Gasteiger partial charge in [0.25, 0.3) is 5.91 Å². The molecule has 3 rings (SSSR count). The van der Waals surface area contributed by atoms with Crippen molar-refractivity contribution >= 4 is 11.8 Å². The average molecular weight is 324 g/mol. The van der Waals surface area contributed by atoms with Crippen molar-refractivity contribution in [2.75, 3.05) is 6.54 Å². The van der Waals surface area contributed by atoms with Gasteiger partial charge in [0, 0.05) is 6.04 Å². The molecule has 5 heteroatoms. The van der Waals surface area contributed by atoms with Gasteiger partial charge < -0.3 is 15.7 Å². The summed E-state index contributed by atoms with van der Waals surface area (Å²) < 4.78 is 0. The Bertz CT molecular complexity index is 672. The van der Waals surface area contributed by atoms with Crippen molar-refractivity contribution in [3.8, 4) is 0 Å². The van der Waals surface area contributed by atoms with Gasteiger partial charge in [-0.25, -0.2) is 0 Å². The average Bonchev–Trinajstić information content (AvgIpc) is 3.44. The van der Waals surface area contributed by atoms with Crippen LogP contribution in [0.1, 0.15) is 24.0 Å². The molecule has 124 valence electrons. The van der Waals surface area contributed by atoms with Crippen molar-refractivity contribution in [2.24, 2.45) is 0 Å². The van der Waals surface area contributed by atoms with Crippen LogP contribution in [-0.2, 0) is 15.2 Å². The molecule has 0 heterocycles. The lowest BCUT2D eigenvalue weighted by atomic mass is 9.85. The second-order valence-corrected chi connectivity index (χ2v) is 5.97. The fourth-order valence-electron chi connectivity index (χ4n) is 2.58. The first-order valence-electron chi connectivity index (χ1n) is 8.02. The molecule has 2 aromatic rings. The molecule has 0 spiro atoms. The van der Waals surface area contributed by atoms with Gasteiger partial charge in [-0.3, -0.25) is 9.59 Å². The van der Waals surface area contributed by atoms with Crippen LogP contribution in [0.4, 0.5) is 0 Å². The summed E-state index contributed by atoms with van der Waals surface area (Å²) in [5, 5.41) is 16.5. The predicted molar refractivity (Wildman–Crippen MR) is 90.1 cm³/mol. The van der Waals surface area contributed by atoms with E-state index < -0.39 is 11.5 Å². The Hall–Kier alpha value is -2.66. The van der Waals surface area contributed by atoms with Crippen LogP contribution < -0.4 is 10.6 Å². The summed E-state index contributed by atoms with van der Waals surface area (Å²) in [6.07, 6.45) is 1.97. The zero-order chi connectivity index (χ0) is 17.0. The number of carbonyl (C=O) groups excluding carboxylic acids is 2. The van der Waals surface area contributed by atoms with Crippen LogP contribution in [0.25, 0.3) is 0 Å². The van der Waals surface area contributed by atoms with Crippen molar-refractivity contribution in [1.82, 2.24) is 10.6 Å². The number of hydrogen-bond acceptors (Lipinski definition) is 3. The highest BCUT2D eigenvalue weighted by molar-refractivity contribution is 5.93. The van der Waals surface area contributed by atoms with Crippen LogP contribution in [0, 0.1) is 0 Å². The second kappa shape index (κ2) is 6.84. The molecule has 3 N–H and O–H groups in total. The van der Waals surface area contributed by atoms with Crippen LogP contribution in [0.5, 0.6) is 0 Å². The van der Waals surface area contributed by atoms with E-state index in [9.17, 15) is 14.7 Å². The Labute approximate surface area is 140 Å². The summed E-state index contributed by atoms with van der Waals surface area (Å²) in [6, 6.07) is 17.7. The quantitative estimate of drug-likeness (QED) is 0.750. The maximum absolute atomic E-state index is 12.7. The summed E-state index contributed by atoms with van der Waals surface area (Å²) in [6.45, 7) is -0.155. The van der Waals surface area contributed by atoms with Crippen molar-refractivity contribution < 1.29 is 14.7 Å². The smallest absolute Gasteiger partial charge is 0.261 e. The zero-order valence-electron chi connectivity index (χ0n) is 13.2. The van der Waals surface area contributed by atoms with Gasteiger partial charge in [-0.2, -0.15) is 0 Å². The van der Waals surface area contributed by atoms with Gasteiger partial charge >= 0.3 is 0 Å². The molecule has 0 bridgehead atoms. The van der Waals surface area contributed by atoms with Gasteiger partial charge in [-0.1, -0.05) is 60.7 Å². The van der Waals surface area contributed by atoms with E-state index in [0.717, 1.165) is 12.8 Å². The highest BCUT2D eigenvalue weighted by atomic mass is 16.3. The van der Waals surface area contributed by atoms with Crippen LogP contribution in [0.15, 0.2) is 60.7 Å². The second-order valence-electron chi connectivity index (χ2n) is 5.97. The molecule has 0 saturated heterocycles. The van der Waals surface area contributed by atoms with Crippen molar-refractivity contribution in [1.29, 1.82) is 0 Å². The minimum Gasteiger partial charge on any atom is -0.372 e. The van der Waals surface area contributed by atoms with Gasteiger partial charge in [-0.05, 0) is 24.0 Å². The summed E-state index contributed by atoms with van der Waals surface area (Å²) in [5.41, 5.74) is -0.935. The molecule has 1 aliphatic carbocycles. The summed E-state index contributed by atoms with van der Waals surface area (Å²) in [7, 11) is 0. The normalized spacial score (nSPS) is 14.0. The van der Waals surface area contributed by atoms with Crippen molar-refractivity contribution in [2.45, 2.75) is 24.5 Å². The fraction of sp³-hybridized carbons (Fsp3) is 0.263. The molecule has 2 aromatic carbocycles. The summed E-state index contributed by atoms with van der Waals surface area (Å²) in [5.74, 6) is -0.861. The molecule has 0 atom stereocenters. The highest BCUT2D eigenvalue weighted by Gasteiger charge is 2.39. The molecule has 24 heavy (non-hydrogen) atoms. The van der Waals surface area contributed by atoms with Gasteiger partial charge in [0.2, 0.25) is 5.91 Å². The van der Waals surface area contributed by atoms with E-state index in [2.05, 4.69) is 10.6 Å². The van der Waals surface area contributed by atoms with Crippen LogP contribution in [0.2, 0.25) is 0 Å². The molecule has 0 aliphatic heterocycles. The first-order chi connectivity index (χ1) is 11.6. The van der Waals surface area contributed by atoms with Gasteiger partial charge in [0.05, 0.1) is 6.54 Å². The molecular weight excluding hydrogens is 304 g/mol. The Morgan fingerprint density at radius 1 is 0.958 bits per heavy atom. The van der Waals surface area contributed by atoms with Crippen molar-refractivity contribution in [3.05, 3.63) is 71.8 Å². The van der Waals surface area contributed by atoms with Gasteiger partial charge in [0.1, 0.15) is 0 Å². The maximum Gasteiger partial charge on any atom is 0.261 e. The van der Waals surface area contributed by atoms with Crippen LogP contribution in [0.3, 0.4) is 0 Å². The molecule has 0 unspecified atom stereocenters. The highest BCUT2D eigenvalue weighted by Crippen LogP contribution is 2.29. The number of aliphatic hydroxyl groups is 1. The summed E-state index contributed by atoms with van der Waals surface area (Å²) in [4.78, 5) is 24.5. The van der Waals surface area contributed by atoms with E-state index in [1.165, 1.54) is 0 Å². The van der Waals surface area contributed by atoms with E-state index in [4.69, 9.17) is 0 Å². The largest absolute Gasteiger partial charge is 0.372 e. The topological polar surface area (TPSA) is 78.4 Å². The van der Waals surface area contributed by atoms with E-state index in [1.54, 1.807) is 48.5 Å².